The molecule has 0 saturated carbocycles. The maximum atomic E-state index is 10.8. The summed E-state index contributed by atoms with van der Waals surface area (Å²) in [7, 11) is 0. The number of hydrogen-bond acceptors (Lipinski definition) is 4. The zero-order valence-electron chi connectivity index (χ0n) is 7.32. The molecule has 0 aromatic rings. The standard InChI is InChI=1S/C9H12O4/c1-3-6-12-9(11)5-7-13-8(10)4-2/h3-4H,1-2,5-7H2. The molecule has 0 rings (SSSR count). The number of rotatable bonds is 6. The summed E-state index contributed by atoms with van der Waals surface area (Å²) in [5, 5.41) is 0. The van der Waals surface area contributed by atoms with Gasteiger partial charge in [-0.15, -0.1) is 0 Å². The molecule has 72 valence electrons. The van der Waals surface area contributed by atoms with Gasteiger partial charge in [0.25, 0.3) is 0 Å². The largest absolute Gasteiger partial charge is 0.462 e. The lowest BCUT2D eigenvalue weighted by molar-refractivity contribution is -0.146. The second-order valence-electron chi connectivity index (χ2n) is 2.09. The SMILES string of the molecule is C=CCOC(=O)CCOC(=O)C=C. The summed E-state index contributed by atoms with van der Waals surface area (Å²) in [6.07, 6.45) is 2.55. The molecular weight excluding hydrogens is 172 g/mol. The highest BCUT2D eigenvalue weighted by Crippen LogP contribution is 1.89. The molecule has 0 aliphatic carbocycles. The van der Waals surface area contributed by atoms with Gasteiger partial charge in [-0.2, -0.15) is 0 Å². The Bertz CT molecular complexity index is 208. The average Bonchev–Trinajstić information content (AvgIpc) is 2.14. The minimum Gasteiger partial charge on any atom is -0.462 e. The van der Waals surface area contributed by atoms with Crippen molar-refractivity contribution in [3.05, 3.63) is 25.3 Å². The van der Waals surface area contributed by atoms with Crippen molar-refractivity contribution in [3.63, 3.8) is 0 Å². The Hall–Kier alpha value is -1.58. The summed E-state index contributed by atoms with van der Waals surface area (Å²) in [5.74, 6) is -0.965. The van der Waals surface area contributed by atoms with Crippen molar-refractivity contribution in [2.45, 2.75) is 6.42 Å². The van der Waals surface area contributed by atoms with E-state index in [0.717, 1.165) is 6.08 Å². The Morgan fingerprint density at radius 3 is 2.46 bits per heavy atom. The molecule has 0 heterocycles. The van der Waals surface area contributed by atoms with Gasteiger partial charge in [-0.3, -0.25) is 4.79 Å². The summed E-state index contributed by atoms with van der Waals surface area (Å²) in [5.41, 5.74) is 0. The summed E-state index contributed by atoms with van der Waals surface area (Å²) in [4.78, 5) is 21.3. The summed E-state index contributed by atoms with van der Waals surface area (Å²) in [6.45, 7) is 6.77. The maximum Gasteiger partial charge on any atom is 0.330 e. The molecule has 0 spiro atoms. The van der Waals surface area contributed by atoms with Crippen LogP contribution in [0.15, 0.2) is 25.3 Å². The number of carbonyl (C=O) groups is 2. The first-order valence-electron chi connectivity index (χ1n) is 3.76. The van der Waals surface area contributed by atoms with Crippen LogP contribution in [0, 0.1) is 0 Å². The van der Waals surface area contributed by atoms with E-state index in [2.05, 4.69) is 22.6 Å². The van der Waals surface area contributed by atoms with Crippen LogP contribution in [0.2, 0.25) is 0 Å². The second kappa shape index (κ2) is 7.09. The average molecular weight is 184 g/mol. The zero-order valence-corrected chi connectivity index (χ0v) is 7.32. The van der Waals surface area contributed by atoms with Crippen LogP contribution < -0.4 is 0 Å². The smallest absolute Gasteiger partial charge is 0.330 e. The van der Waals surface area contributed by atoms with Gasteiger partial charge in [0.2, 0.25) is 0 Å². The lowest BCUT2D eigenvalue weighted by atomic mass is 10.4. The third-order valence-corrected chi connectivity index (χ3v) is 1.08. The highest BCUT2D eigenvalue weighted by Gasteiger charge is 2.02. The predicted molar refractivity (Wildman–Crippen MR) is 46.9 cm³/mol. The molecule has 0 aliphatic rings. The predicted octanol–water partition coefficient (Wildman–Crippen LogP) is 0.835. The fourth-order valence-corrected chi connectivity index (χ4v) is 0.518. The molecule has 0 fully saturated rings. The van der Waals surface area contributed by atoms with Crippen LogP contribution in [0.5, 0.6) is 0 Å². The first-order valence-corrected chi connectivity index (χ1v) is 3.76. The van der Waals surface area contributed by atoms with Crippen molar-refractivity contribution in [3.8, 4) is 0 Å². The van der Waals surface area contributed by atoms with Crippen molar-refractivity contribution >= 4 is 11.9 Å². The fraction of sp³-hybridized carbons (Fsp3) is 0.333. The van der Waals surface area contributed by atoms with Crippen molar-refractivity contribution in [1.82, 2.24) is 0 Å². The van der Waals surface area contributed by atoms with Gasteiger partial charge >= 0.3 is 11.9 Å². The van der Waals surface area contributed by atoms with Crippen LogP contribution in [0.25, 0.3) is 0 Å². The molecule has 0 bridgehead atoms. The van der Waals surface area contributed by atoms with E-state index in [1.807, 2.05) is 0 Å². The van der Waals surface area contributed by atoms with Crippen LogP contribution in [-0.4, -0.2) is 25.2 Å². The third-order valence-electron chi connectivity index (χ3n) is 1.08. The number of carbonyl (C=O) groups excluding carboxylic acids is 2. The molecule has 0 unspecified atom stereocenters. The van der Waals surface area contributed by atoms with E-state index in [1.54, 1.807) is 0 Å². The highest BCUT2D eigenvalue weighted by molar-refractivity contribution is 5.81. The van der Waals surface area contributed by atoms with Crippen LogP contribution in [0.1, 0.15) is 6.42 Å². The van der Waals surface area contributed by atoms with E-state index in [-0.39, 0.29) is 19.6 Å². The molecule has 0 atom stereocenters. The van der Waals surface area contributed by atoms with Crippen molar-refractivity contribution < 1.29 is 19.1 Å². The molecule has 0 radical (unpaired) electrons. The van der Waals surface area contributed by atoms with Crippen molar-refractivity contribution in [2.24, 2.45) is 0 Å². The van der Waals surface area contributed by atoms with Gasteiger partial charge in [-0.05, 0) is 0 Å². The van der Waals surface area contributed by atoms with Gasteiger partial charge in [0.05, 0.1) is 6.42 Å². The molecule has 13 heavy (non-hydrogen) atoms. The zero-order chi connectivity index (χ0) is 10.1. The monoisotopic (exact) mass is 184 g/mol. The maximum absolute atomic E-state index is 10.8. The highest BCUT2D eigenvalue weighted by atomic mass is 16.5. The van der Waals surface area contributed by atoms with E-state index < -0.39 is 11.9 Å². The number of esters is 2. The molecule has 0 amide bonds. The van der Waals surface area contributed by atoms with E-state index in [9.17, 15) is 9.59 Å². The Balaban J connectivity index is 3.41. The molecule has 4 nitrogen and oxygen atoms in total. The quantitative estimate of drug-likeness (QED) is 0.348. The van der Waals surface area contributed by atoms with Crippen LogP contribution in [0.3, 0.4) is 0 Å². The normalized spacial score (nSPS) is 8.62. The first-order chi connectivity index (χ1) is 6.20. The van der Waals surface area contributed by atoms with Gasteiger partial charge in [-0.25, -0.2) is 4.79 Å². The number of hydrogen-bond donors (Lipinski definition) is 0. The number of ether oxygens (including phenoxy) is 2. The van der Waals surface area contributed by atoms with Gasteiger partial charge < -0.3 is 9.47 Å². The molecule has 0 aromatic heterocycles. The topological polar surface area (TPSA) is 52.6 Å². The van der Waals surface area contributed by atoms with Crippen LogP contribution >= 0.6 is 0 Å². The Morgan fingerprint density at radius 2 is 1.92 bits per heavy atom. The van der Waals surface area contributed by atoms with E-state index in [0.29, 0.717) is 0 Å². The van der Waals surface area contributed by atoms with Gasteiger partial charge in [-0.1, -0.05) is 19.2 Å². The Labute approximate surface area is 76.8 Å². The Kier molecular flexibility index (Phi) is 6.23. The molecular formula is C9H12O4. The summed E-state index contributed by atoms with van der Waals surface area (Å²) in [6, 6.07) is 0. The van der Waals surface area contributed by atoms with E-state index in [1.165, 1.54) is 6.08 Å². The van der Waals surface area contributed by atoms with E-state index >= 15 is 0 Å². The van der Waals surface area contributed by atoms with Crippen LogP contribution in [-0.2, 0) is 19.1 Å². The molecule has 0 aliphatic heterocycles. The molecule has 4 heteroatoms. The molecule has 0 aromatic carbocycles. The van der Waals surface area contributed by atoms with Gasteiger partial charge in [0, 0.05) is 6.08 Å². The molecule has 0 saturated heterocycles. The molecule has 0 N–H and O–H groups in total. The first kappa shape index (κ1) is 11.4. The minimum atomic E-state index is -0.545. The lowest BCUT2D eigenvalue weighted by Crippen LogP contribution is -2.10. The Morgan fingerprint density at radius 1 is 1.23 bits per heavy atom. The third kappa shape index (κ3) is 6.80. The summed E-state index contributed by atoms with van der Waals surface area (Å²) < 4.78 is 9.19. The van der Waals surface area contributed by atoms with Crippen molar-refractivity contribution in [2.75, 3.05) is 13.2 Å². The fourth-order valence-electron chi connectivity index (χ4n) is 0.518. The van der Waals surface area contributed by atoms with Crippen LogP contribution in [0.4, 0.5) is 0 Å². The lowest BCUT2D eigenvalue weighted by Gasteiger charge is -2.01. The van der Waals surface area contributed by atoms with Gasteiger partial charge in [0.1, 0.15) is 13.2 Å². The minimum absolute atomic E-state index is 0.0147. The summed E-state index contributed by atoms with van der Waals surface area (Å²) >= 11 is 0. The van der Waals surface area contributed by atoms with Gasteiger partial charge in [0.15, 0.2) is 0 Å². The van der Waals surface area contributed by atoms with Crippen molar-refractivity contribution in [1.29, 1.82) is 0 Å². The second-order valence-corrected chi connectivity index (χ2v) is 2.09. The van der Waals surface area contributed by atoms with E-state index in [4.69, 9.17) is 0 Å².